The molecule has 2 aliphatic carbocycles. The molecule has 0 bridgehead atoms. The maximum Gasteiger partial charge on any atom is 0.238 e. The van der Waals surface area contributed by atoms with Gasteiger partial charge in [-0.25, -0.2) is 9.37 Å². The van der Waals surface area contributed by atoms with Crippen molar-refractivity contribution in [3.05, 3.63) is 57.6 Å². The van der Waals surface area contributed by atoms with Crippen molar-refractivity contribution < 1.29 is 18.8 Å². The standard InChI is InChI=1S/C31H36Cl2FN5O3/c1-29(2)10-12-30(13-11-29)31(20-8-5-17(32)15-21(20)38-28(31)42)22(19-9-14-36-25(33)23(19)34)24(39-30)27(41)37-18-6-3-16(4-7-18)26(35)40/h5,8-9,14-16,18,22,24,39H,3-4,6-7,10-13H2,1-2H3,(H2,35,40)(H,37,41)(H,38,42). The van der Waals surface area contributed by atoms with E-state index in [-0.39, 0.29) is 45.8 Å². The Hall–Kier alpha value is -2.75. The second kappa shape index (κ2) is 10.5. The Labute approximate surface area is 254 Å². The zero-order chi connectivity index (χ0) is 30.0. The van der Waals surface area contributed by atoms with Crippen molar-refractivity contribution >= 4 is 46.6 Å². The highest BCUT2D eigenvalue weighted by Gasteiger charge is 2.73. The summed E-state index contributed by atoms with van der Waals surface area (Å²) in [6.45, 7) is 4.41. The highest BCUT2D eigenvalue weighted by atomic mass is 35.5. The lowest BCUT2D eigenvalue weighted by atomic mass is 9.53. The number of benzene rings is 1. The van der Waals surface area contributed by atoms with E-state index in [2.05, 4.69) is 34.8 Å². The van der Waals surface area contributed by atoms with Crippen LogP contribution in [0.2, 0.25) is 10.2 Å². The number of carbonyl (C=O) groups is 3. The van der Waals surface area contributed by atoms with Gasteiger partial charge < -0.3 is 16.4 Å². The average Bonchev–Trinajstić information content (AvgIpc) is 3.40. The minimum absolute atomic E-state index is 0.0478. The third kappa shape index (κ3) is 4.50. The second-order valence-corrected chi connectivity index (χ2v) is 14.1. The van der Waals surface area contributed by atoms with Crippen molar-refractivity contribution in [2.75, 3.05) is 5.32 Å². The number of hydrogen-bond acceptors (Lipinski definition) is 5. The number of nitrogens with one attached hydrogen (secondary N) is 3. The van der Waals surface area contributed by atoms with Crippen LogP contribution in [0.3, 0.4) is 0 Å². The first-order valence-corrected chi connectivity index (χ1v) is 15.4. The highest BCUT2D eigenvalue weighted by molar-refractivity contribution is 6.31. The van der Waals surface area contributed by atoms with Gasteiger partial charge in [0.25, 0.3) is 0 Å². The van der Waals surface area contributed by atoms with Crippen LogP contribution in [0.15, 0.2) is 30.5 Å². The third-order valence-corrected chi connectivity index (χ3v) is 10.9. The molecule has 3 heterocycles. The minimum Gasteiger partial charge on any atom is -0.369 e. The van der Waals surface area contributed by atoms with E-state index in [0.717, 1.165) is 12.8 Å². The first kappa shape index (κ1) is 29.3. The molecule has 2 spiro atoms. The molecule has 3 amide bonds. The number of aromatic nitrogens is 1. The zero-order valence-corrected chi connectivity index (χ0v) is 25.2. The molecule has 0 radical (unpaired) electrons. The van der Waals surface area contributed by atoms with Gasteiger partial charge in [0.15, 0.2) is 11.0 Å². The van der Waals surface area contributed by atoms with E-state index in [1.165, 1.54) is 12.3 Å². The Morgan fingerprint density at radius 2 is 1.76 bits per heavy atom. The lowest BCUT2D eigenvalue weighted by Crippen LogP contribution is -2.61. The molecule has 3 unspecified atom stereocenters. The largest absolute Gasteiger partial charge is 0.369 e. The maximum absolute atomic E-state index is 16.0. The summed E-state index contributed by atoms with van der Waals surface area (Å²) in [5.74, 6) is -2.80. The summed E-state index contributed by atoms with van der Waals surface area (Å²) in [6.07, 6.45) is 6.67. The Balaban J connectivity index is 1.49. The van der Waals surface area contributed by atoms with Gasteiger partial charge in [-0.2, -0.15) is 0 Å². The fourth-order valence-electron chi connectivity index (χ4n) is 8.14. The zero-order valence-electron chi connectivity index (χ0n) is 23.7. The minimum atomic E-state index is -1.32. The lowest BCUT2D eigenvalue weighted by Gasteiger charge is -2.50. The molecular weight excluding hydrogens is 580 g/mol. The summed E-state index contributed by atoms with van der Waals surface area (Å²) >= 11 is 12.6. The van der Waals surface area contributed by atoms with Gasteiger partial charge in [-0.05, 0) is 86.1 Å². The summed E-state index contributed by atoms with van der Waals surface area (Å²) in [6, 6.07) is 5.70. The molecule has 8 nitrogen and oxygen atoms in total. The van der Waals surface area contributed by atoms with E-state index >= 15 is 4.39 Å². The maximum atomic E-state index is 16.0. The SMILES string of the molecule is CC1(C)CCC2(CC1)NC(C(=O)NC1CCC(C(N)=O)CC1)C(c1ccnc(Cl)c1F)C21C(=O)Nc2cc(Cl)ccc21. The first-order chi connectivity index (χ1) is 19.9. The van der Waals surface area contributed by atoms with Crippen LogP contribution < -0.4 is 21.7 Å². The summed E-state index contributed by atoms with van der Waals surface area (Å²) in [7, 11) is 0. The van der Waals surface area contributed by atoms with Crippen molar-refractivity contribution in [3.8, 4) is 0 Å². The van der Waals surface area contributed by atoms with Crippen LogP contribution in [0.5, 0.6) is 0 Å². The molecule has 224 valence electrons. The molecule has 42 heavy (non-hydrogen) atoms. The van der Waals surface area contributed by atoms with Crippen LogP contribution in [0, 0.1) is 17.2 Å². The molecule has 4 aliphatic rings. The predicted molar refractivity (Wildman–Crippen MR) is 159 cm³/mol. The van der Waals surface area contributed by atoms with Gasteiger partial charge in [-0.15, -0.1) is 0 Å². The Bertz CT molecular complexity index is 1450. The molecular formula is C31H36Cl2FN5O3. The van der Waals surface area contributed by atoms with E-state index < -0.39 is 28.7 Å². The normalized spacial score (nSPS) is 31.1. The highest BCUT2D eigenvalue weighted by Crippen LogP contribution is 2.64. The third-order valence-electron chi connectivity index (χ3n) is 10.4. The Morgan fingerprint density at radius 1 is 1.07 bits per heavy atom. The van der Waals surface area contributed by atoms with Gasteiger partial charge in [0, 0.05) is 40.3 Å². The molecule has 5 N–H and O–H groups in total. The van der Waals surface area contributed by atoms with Crippen LogP contribution in [-0.2, 0) is 19.8 Å². The van der Waals surface area contributed by atoms with Crippen molar-refractivity contribution in [1.29, 1.82) is 0 Å². The quantitative estimate of drug-likeness (QED) is 0.361. The molecule has 1 aromatic heterocycles. The van der Waals surface area contributed by atoms with E-state index in [1.807, 2.05) is 6.07 Å². The average molecular weight is 617 g/mol. The number of halogens is 3. The number of carbonyl (C=O) groups excluding carboxylic acids is 3. The molecule has 1 aromatic carbocycles. The van der Waals surface area contributed by atoms with Gasteiger partial charge in [-0.1, -0.05) is 43.1 Å². The predicted octanol–water partition coefficient (Wildman–Crippen LogP) is 4.97. The number of fused-ring (bicyclic) bond motifs is 3. The van der Waals surface area contributed by atoms with Crippen molar-refractivity contribution in [2.45, 2.75) is 94.2 Å². The Kier molecular flexibility index (Phi) is 7.30. The lowest BCUT2D eigenvalue weighted by molar-refractivity contribution is -0.125. The van der Waals surface area contributed by atoms with Crippen molar-refractivity contribution in [1.82, 2.24) is 15.6 Å². The van der Waals surface area contributed by atoms with E-state index in [4.69, 9.17) is 28.9 Å². The summed E-state index contributed by atoms with van der Waals surface area (Å²) in [5.41, 5.74) is 4.82. The number of nitrogens with zero attached hydrogens (tertiary/aromatic N) is 1. The van der Waals surface area contributed by atoms with Crippen LogP contribution in [0.25, 0.3) is 0 Å². The monoisotopic (exact) mass is 615 g/mol. The number of amides is 3. The fraction of sp³-hybridized carbons (Fsp3) is 0.548. The molecule has 11 heteroatoms. The van der Waals surface area contributed by atoms with Crippen LogP contribution in [0.1, 0.15) is 82.3 Å². The van der Waals surface area contributed by atoms with Gasteiger partial charge in [0.05, 0.1) is 6.04 Å². The molecule has 2 saturated carbocycles. The summed E-state index contributed by atoms with van der Waals surface area (Å²) < 4.78 is 16.0. The topological polar surface area (TPSA) is 126 Å². The van der Waals surface area contributed by atoms with E-state index in [0.29, 0.717) is 54.8 Å². The fourth-order valence-corrected chi connectivity index (χ4v) is 8.48. The summed E-state index contributed by atoms with van der Waals surface area (Å²) in [4.78, 5) is 44.4. The molecule has 3 atom stereocenters. The van der Waals surface area contributed by atoms with Crippen LogP contribution >= 0.6 is 23.2 Å². The number of anilines is 1. The smallest absolute Gasteiger partial charge is 0.238 e. The number of primary amides is 1. The van der Waals surface area contributed by atoms with Gasteiger partial charge in [0.1, 0.15) is 5.41 Å². The van der Waals surface area contributed by atoms with E-state index in [1.54, 1.807) is 12.1 Å². The molecule has 2 aliphatic heterocycles. The van der Waals surface area contributed by atoms with E-state index in [9.17, 15) is 14.4 Å². The first-order valence-electron chi connectivity index (χ1n) is 14.7. The summed E-state index contributed by atoms with van der Waals surface area (Å²) in [5, 5.41) is 10.0. The van der Waals surface area contributed by atoms with Crippen LogP contribution in [-0.4, -0.2) is 40.3 Å². The molecule has 1 saturated heterocycles. The molecule has 3 fully saturated rings. The number of pyridine rings is 1. The van der Waals surface area contributed by atoms with Crippen LogP contribution in [0.4, 0.5) is 10.1 Å². The Morgan fingerprint density at radius 3 is 2.43 bits per heavy atom. The van der Waals surface area contributed by atoms with Crippen molar-refractivity contribution in [3.63, 3.8) is 0 Å². The molecule has 2 aromatic rings. The number of rotatable bonds is 4. The number of hydrogen-bond donors (Lipinski definition) is 4. The van der Waals surface area contributed by atoms with Crippen molar-refractivity contribution in [2.24, 2.45) is 17.1 Å². The number of nitrogens with two attached hydrogens (primary N) is 1. The van der Waals surface area contributed by atoms with Gasteiger partial charge >= 0.3 is 0 Å². The second-order valence-electron chi connectivity index (χ2n) is 13.3. The molecule has 6 rings (SSSR count). The van der Waals surface area contributed by atoms with Gasteiger partial charge in [-0.3, -0.25) is 19.7 Å². The van der Waals surface area contributed by atoms with Gasteiger partial charge in [0.2, 0.25) is 17.7 Å².